The normalized spacial score (nSPS) is 28.1. The molecule has 2 fully saturated rings. The molecule has 2 N–H and O–H groups in total. The van der Waals surface area contributed by atoms with Gasteiger partial charge >= 0.3 is 0 Å². The van der Waals surface area contributed by atoms with E-state index in [0.717, 1.165) is 32.1 Å². The molecular formula is C18H36N4O. The Morgan fingerprint density at radius 1 is 1.17 bits per heavy atom. The number of hydrogen-bond donors (Lipinski definition) is 2. The molecule has 23 heavy (non-hydrogen) atoms. The van der Waals surface area contributed by atoms with Crippen molar-refractivity contribution in [2.75, 3.05) is 26.2 Å². The van der Waals surface area contributed by atoms with Gasteiger partial charge in [-0.15, -0.1) is 0 Å². The van der Waals surface area contributed by atoms with Crippen LogP contribution < -0.4 is 10.6 Å². The van der Waals surface area contributed by atoms with Gasteiger partial charge < -0.3 is 15.4 Å². The lowest BCUT2D eigenvalue weighted by Gasteiger charge is -2.44. The molecule has 0 aromatic carbocycles. The molecular weight excluding hydrogens is 288 g/mol. The highest BCUT2D eigenvalue weighted by molar-refractivity contribution is 5.80. The van der Waals surface area contributed by atoms with Gasteiger partial charge in [-0.3, -0.25) is 9.89 Å². The number of guanidine groups is 1. The maximum Gasteiger partial charge on any atom is 0.191 e. The summed E-state index contributed by atoms with van der Waals surface area (Å²) in [4.78, 5) is 7.41. The Bertz CT molecular complexity index is 380. The predicted molar refractivity (Wildman–Crippen MR) is 97.0 cm³/mol. The molecule has 0 bridgehead atoms. The molecule has 0 amide bonds. The van der Waals surface area contributed by atoms with Crippen molar-refractivity contribution in [2.45, 2.75) is 84.1 Å². The lowest BCUT2D eigenvalue weighted by molar-refractivity contribution is -0.0939. The lowest BCUT2D eigenvalue weighted by Crippen LogP contribution is -2.56. The Labute approximate surface area is 142 Å². The second kappa shape index (κ2) is 8.34. The van der Waals surface area contributed by atoms with E-state index in [0.29, 0.717) is 18.2 Å². The number of hydrogen-bond acceptors (Lipinski definition) is 3. The monoisotopic (exact) mass is 324 g/mol. The van der Waals surface area contributed by atoms with Crippen LogP contribution in [-0.2, 0) is 4.74 Å². The molecule has 5 heteroatoms. The Morgan fingerprint density at radius 3 is 2.35 bits per heavy atom. The summed E-state index contributed by atoms with van der Waals surface area (Å²) in [7, 11) is 0. The van der Waals surface area contributed by atoms with Crippen LogP contribution in [0.1, 0.15) is 60.3 Å². The molecule has 5 nitrogen and oxygen atoms in total. The molecule has 0 aromatic heterocycles. The van der Waals surface area contributed by atoms with Crippen LogP contribution in [0.5, 0.6) is 0 Å². The van der Waals surface area contributed by atoms with Crippen LogP contribution in [0.15, 0.2) is 4.99 Å². The van der Waals surface area contributed by atoms with Gasteiger partial charge in [-0.05, 0) is 47.5 Å². The van der Waals surface area contributed by atoms with E-state index in [-0.39, 0.29) is 5.54 Å². The maximum absolute atomic E-state index is 5.86. The van der Waals surface area contributed by atoms with Gasteiger partial charge in [0, 0.05) is 31.2 Å². The van der Waals surface area contributed by atoms with Gasteiger partial charge in [-0.2, -0.15) is 0 Å². The number of morpholine rings is 1. The summed E-state index contributed by atoms with van der Waals surface area (Å²) in [6, 6.07) is 0.597. The third-order valence-corrected chi connectivity index (χ3v) is 4.94. The van der Waals surface area contributed by atoms with Gasteiger partial charge in [0.25, 0.3) is 0 Å². The molecule has 2 atom stereocenters. The molecule has 0 spiro atoms. The summed E-state index contributed by atoms with van der Waals surface area (Å²) < 4.78 is 5.86. The van der Waals surface area contributed by atoms with Crippen molar-refractivity contribution < 1.29 is 4.74 Å². The molecule has 0 radical (unpaired) electrons. The molecule has 134 valence electrons. The standard InChI is InChI=1S/C18H36N4O/c1-6-19-17(21-16-9-7-8-10-16)20-13-18(4,5)22-11-14(2)23-15(3)12-22/h14-16H,6-13H2,1-5H3,(H2,19,20,21). The van der Waals surface area contributed by atoms with E-state index in [9.17, 15) is 0 Å². The van der Waals surface area contributed by atoms with E-state index >= 15 is 0 Å². The third kappa shape index (κ3) is 5.64. The first-order valence-corrected chi connectivity index (χ1v) is 9.36. The minimum Gasteiger partial charge on any atom is -0.373 e. The van der Waals surface area contributed by atoms with Crippen LogP contribution in [0, 0.1) is 0 Å². The SMILES string of the molecule is CCNC(=NCC(C)(C)N1CC(C)OC(C)C1)NC1CCCC1. The highest BCUT2D eigenvalue weighted by atomic mass is 16.5. The highest BCUT2D eigenvalue weighted by Crippen LogP contribution is 2.22. The Hall–Kier alpha value is -0.810. The van der Waals surface area contributed by atoms with E-state index in [2.05, 4.69) is 50.2 Å². The van der Waals surface area contributed by atoms with Crippen LogP contribution >= 0.6 is 0 Å². The molecule has 1 saturated heterocycles. The summed E-state index contributed by atoms with van der Waals surface area (Å²) in [6.45, 7) is 14.7. The van der Waals surface area contributed by atoms with Crippen LogP contribution in [0.2, 0.25) is 0 Å². The van der Waals surface area contributed by atoms with E-state index in [4.69, 9.17) is 9.73 Å². The van der Waals surface area contributed by atoms with E-state index in [1.165, 1.54) is 25.7 Å². The van der Waals surface area contributed by atoms with Gasteiger partial charge in [0.15, 0.2) is 5.96 Å². The van der Waals surface area contributed by atoms with E-state index < -0.39 is 0 Å². The summed E-state index contributed by atoms with van der Waals surface area (Å²) in [5.41, 5.74) is 0.0460. The molecule has 1 saturated carbocycles. The topological polar surface area (TPSA) is 48.9 Å². The van der Waals surface area contributed by atoms with Crippen molar-refractivity contribution in [1.82, 2.24) is 15.5 Å². The minimum absolute atomic E-state index is 0.0460. The quantitative estimate of drug-likeness (QED) is 0.602. The number of nitrogens with zero attached hydrogens (tertiary/aromatic N) is 2. The van der Waals surface area contributed by atoms with Crippen LogP contribution in [0.4, 0.5) is 0 Å². The summed E-state index contributed by atoms with van der Waals surface area (Å²) in [5.74, 6) is 0.974. The molecule has 2 aliphatic rings. The second-order valence-corrected chi connectivity index (χ2v) is 7.80. The van der Waals surface area contributed by atoms with Gasteiger partial charge in [-0.25, -0.2) is 0 Å². The first-order chi connectivity index (χ1) is 10.9. The van der Waals surface area contributed by atoms with Gasteiger partial charge in [0.05, 0.1) is 18.8 Å². The molecule has 1 aliphatic carbocycles. The van der Waals surface area contributed by atoms with Gasteiger partial charge in [-0.1, -0.05) is 12.8 Å². The fraction of sp³-hybridized carbons (Fsp3) is 0.944. The van der Waals surface area contributed by atoms with Gasteiger partial charge in [0.1, 0.15) is 0 Å². The minimum atomic E-state index is 0.0460. The number of ether oxygens (including phenoxy) is 1. The van der Waals surface area contributed by atoms with Crippen molar-refractivity contribution in [3.63, 3.8) is 0 Å². The van der Waals surface area contributed by atoms with Crippen LogP contribution in [-0.4, -0.2) is 60.8 Å². The Kier molecular flexibility index (Phi) is 6.72. The average molecular weight is 325 g/mol. The zero-order chi connectivity index (χ0) is 16.9. The smallest absolute Gasteiger partial charge is 0.191 e. The van der Waals surface area contributed by atoms with Crippen molar-refractivity contribution in [1.29, 1.82) is 0 Å². The lowest BCUT2D eigenvalue weighted by atomic mass is 10.0. The fourth-order valence-corrected chi connectivity index (χ4v) is 3.63. The Morgan fingerprint density at radius 2 is 1.78 bits per heavy atom. The molecule has 1 heterocycles. The largest absolute Gasteiger partial charge is 0.373 e. The summed E-state index contributed by atoms with van der Waals surface area (Å²) in [5, 5.41) is 7.00. The average Bonchev–Trinajstić information content (AvgIpc) is 2.97. The predicted octanol–water partition coefficient (Wildman–Crippen LogP) is 2.37. The summed E-state index contributed by atoms with van der Waals surface area (Å²) >= 11 is 0. The van der Waals surface area contributed by atoms with Crippen molar-refractivity contribution in [2.24, 2.45) is 4.99 Å². The maximum atomic E-state index is 5.86. The fourth-order valence-electron chi connectivity index (χ4n) is 3.63. The van der Waals surface area contributed by atoms with Crippen molar-refractivity contribution in [3.8, 4) is 0 Å². The second-order valence-electron chi connectivity index (χ2n) is 7.80. The highest BCUT2D eigenvalue weighted by Gasteiger charge is 2.33. The molecule has 2 rings (SSSR count). The first-order valence-electron chi connectivity index (χ1n) is 9.36. The van der Waals surface area contributed by atoms with E-state index in [1.54, 1.807) is 0 Å². The summed E-state index contributed by atoms with van der Waals surface area (Å²) in [6.07, 6.45) is 5.82. The van der Waals surface area contributed by atoms with Gasteiger partial charge in [0.2, 0.25) is 0 Å². The molecule has 0 aromatic rings. The van der Waals surface area contributed by atoms with Crippen molar-refractivity contribution in [3.05, 3.63) is 0 Å². The molecule has 1 aliphatic heterocycles. The number of nitrogens with one attached hydrogen (secondary N) is 2. The first kappa shape index (κ1) is 18.5. The third-order valence-electron chi connectivity index (χ3n) is 4.94. The number of rotatable bonds is 5. The van der Waals surface area contributed by atoms with Crippen LogP contribution in [0.3, 0.4) is 0 Å². The molecule has 2 unspecified atom stereocenters. The zero-order valence-corrected chi connectivity index (χ0v) is 15.7. The van der Waals surface area contributed by atoms with Crippen LogP contribution in [0.25, 0.3) is 0 Å². The Balaban J connectivity index is 1.95. The zero-order valence-electron chi connectivity index (χ0n) is 15.7. The number of aliphatic imine (C=N–C) groups is 1. The van der Waals surface area contributed by atoms with E-state index in [1.807, 2.05) is 0 Å². The van der Waals surface area contributed by atoms with Crippen molar-refractivity contribution >= 4 is 5.96 Å².